The number of Topliss-reactive ketones (excluding diaryl/α,β-unsaturated/α-hetero) is 1. The van der Waals surface area contributed by atoms with Gasteiger partial charge in [-0.3, -0.25) is 4.79 Å². The minimum atomic E-state index is -2.14. The van der Waals surface area contributed by atoms with E-state index in [-0.39, 0.29) is 29.3 Å². The Bertz CT molecular complexity index is 906. The van der Waals surface area contributed by atoms with Crippen molar-refractivity contribution >= 4 is 19.1 Å². The summed E-state index contributed by atoms with van der Waals surface area (Å²) in [5.74, 6) is -0.0525. The molecule has 2 rings (SSSR count). The molecule has 0 aromatic heterocycles. The van der Waals surface area contributed by atoms with Gasteiger partial charge in [-0.2, -0.15) is 0 Å². The van der Waals surface area contributed by atoms with Gasteiger partial charge < -0.3 is 0 Å². The molecule has 0 radical (unpaired) electrons. The third-order valence-electron chi connectivity index (χ3n) is 5.14. The number of aryl methyl sites for hydroxylation is 4. The molecule has 4 heteroatoms. The molecule has 0 heterocycles. The van der Waals surface area contributed by atoms with Crippen LogP contribution in [0.4, 0.5) is 0 Å². The van der Waals surface area contributed by atoms with Gasteiger partial charge in [0, 0.05) is 5.56 Å². The fraction of sp³-hybridized carbons (Fsp3) is 0.417. The van der Waals surface area contributed by atoms with E-state index in [1.165, 1.54) is 0 Å². The highest BCUT2D eigenvalue weighted by Gasteiger charge is 2.33. The van der Waals surface area contributed by atoms with Gasteiger partial charge in [0.1, 0.15) is 0 Å². The molecule has 1 atom stereocenters. The van der Waals surface area contributed by atoms with Crippen molar-refractivity contribution in [2.45, 2.75) is 60.3 Å². The zero-order chi connectivity index (χ0) is 21.2. The quantitative estimate of drug-likeness (QED) is 0.415. The van der Waals surface area contributed by atoms with Crippen molar-refractivity contribution in [1.29, 1.82) is 0 Å². The van der Waals surface area contributed by atoms with Crippen LogP contribution in [0, 0.1) is 27.7 Å². The number of hydrogen-bond donors (Lipinski definition) is 0. The Labute approximate surface area is 169 Å². The number of carbonyl (C=O) groups is 2. The standard InChI is InChI=1S/C24H30O3P/c1-15-9-8-10-16(2)21(15)20(25)11-12-28(27)23(26)22-17(3)13-19(14-18(22)4)24(5,6)7/h8-10,13-14H,11-12H2,1-7H3/q+1. The van der Waals surface area contributed by atoms with E-state index < -0.39 is 7.80 Å². The van der Waals surface area contributed by atoms with Crippen LogP contribution in [-0.4, -0.2) is 17.5 Å². The van der Waals surface area contributed by atoms with Crippen LogP contribution in [0.3, 0.4) is 0 Å². The molecule has 3 nitrogen and oxygen atoms in total. The monoisotopic (exact) mass is 397 g/mol. The zero-order valence-corrected chi connectivity index (χ0v) is 18.9. The van der Waals surface area contributed by atoms with Gasteiger partial charge in [-0.1, -0.05) is 55.7 Å². The highest BCUT2D eigenvalue weighted by Crippen LogP contribution is 2.34. The fourth-order valence-electron chi connectivity index (χ4n) is 3.54. The van der Waals surface area contributed by atoms with Gasteiger partial charge in [0.05, 0.1) is 12.0 Å². The summed E-state index contributed by atoms with van der Waals surface area (Å²) in [4.78, 5) is 25.4. The SMILES string of the molecule is Cc1cccc(C)c1C(=O)CC[P+](=O)C(=O)c1c(C)cc(C(C)(C)C)cc1C. The lowest BCUT2D eigenvalue weighted by Gasteiger charge is -2.21. The largest absolute Gasteiger partial charge is 0.420 e. The molecule has 2 aromatic rings. The number of hydrogen-bond acceptors (Lipinski definition) is 3. The Balaban J connectivity index is 2.18. The van der Waals surface area contributed by atoms with E-state index in [2.05, 4.69) is 20.8 Å². The average Bonchev–Trinajstić information content (AvgIpc) is 2.57. The van der Waals surface area contributed by atoms with Gasteiger partial charge in [-0.15, -0.1) is 0 Å². The van der Waals surface area contributed by atoms with E-state index in [4.69, 9.17) is 0 Å². The van der Waals surface area contributed by atoms with E-state index in [1.807, 2.05) is 58.0 Å². The molecule has 0 aliphatic rings. The van der Waals surface area contributed by atoms with Crippen LogP contribution >= 0.6 is 7.80 Å². The molecule has 28 heavy (non-hydrogen) atoms. The molecule has 0 bridgehead atoms. The first kappa shape index (κ1) is 22.2. The summed E-state index contributed by atoms with van der Waals surface area (Å²) in [6.07, 6.45) is 0.200. The van der Waals surface area contributed by atoms with Crippen molar-refractivity contribution in [3.05, 3.63) is 69.3 Å². The first-order valence-corrected chi connectivity index (χ1v) is 11.1. The van der Waals surface area contributed by atoms with Gasteiger partial charge in [0.15, 0.2) is 11.9 Å². The number of ketones is 1. The van der Waals surface area contributed by atoms with E-state index in [1.54, 1.807) is 0 Å². The van der Waals surface area contributed by atoms with Gasteiger partial charge >= 0.3 is 13.3 Å². The highest BCUT2D eigenvalue weighted by molar-refractivity contribution is 7.64. The topological polar surface area (TPSA) is 51.2 Å². The lowest BCUT2D eigenvalue weighted by atomic mass is 9.84. The molecule has 0 saturated heterocycles. The molecule has 0 aliphatic carbocycles. The Hall–Kier alpha value is -2.12. The fourth-order valence-corrected chi connectivity index (χ4v) is 4.75. The first-order chi connectivity index (χ1) is 12.9. The van der Waals surface area contributed by atoms with Crippen LogP contribution in [0.2, 0.25) is 0 Å². The maximum absolute atomic E-state index is 12.8. The van der Waals surface area contributed by atoms with Crippen LogP contribution in [-0.2, 0) is 9.98 Å². The molecule has 0 N–H and O–H groups in total. The van der Waals surface area contributed by atoms with Gasteiger partial charge in [0.25, 0.3) is 0 Å². The maximum atomic E-state index is 12.8. The highest BCUT2D eigenvalue weighted by atomic mass is 31.1. The molecule has 148 valence electrons. The number of benzene rings is 2. The third kappa shape index (κ3) is 4.83. The minimum Gasteiger partial charge on any atom is -0.294 e. The Morgan fingerprint density at radius 2 is 1.36 bits per heavy atom. The van der Waals surface area contributed by atoms with Crippen LogP contribution in [0.1, 0.15) is 75.7 Å². The molecule has 0 fully saturated rings. The van der Waals surface area contributed by atoms with Crippen LogP contribution < -0.4 is 0 Å². The molecule has 1 unspecified atom stereocenters. The summed E-state index contributed by atoms with van der Waals surface area (Å²) in [5, 5.41) is 0. The van der Waals surface area contributed by atoms with Crippen molar-refractivity contribution in [2.75, 3.05) is 6.16 Å². The van der Waals surface area contributed by atoms with Crippen molar-refractivity contribution < 1.29 is 14.2 Å². The Morgan fingerprint density at radius 3 is 1.82 bits per heavy atom. The molecule has 0 amide bonds. The average molecular weight is 397 g/mol. The first-order valence-electron chi connectivity index (χ1n) is 9.63. The summed E-state index contributed by atoms with van der Waals surface area (Å²) < 4.78 is 12.7. The van der Waals surface area contributed by atoms with Crippen molar-refractivity contribution in [3.63, 3.8) is 0 Å². The lowest BCUT2D eigenvalue weighted by Crippen LogP contribution is -2.13. The van der Waals surface area contributed by atoms with Gasteiger partial charge in [-0.25, -0.2) is 4.79 Å². The van der Waals surface area contributed by atoms with Crippen LogP contribution in [0.15, 0.2) is 30.3 Å². The number of carbonyl (C=O) groups excluding carboxylic acids is 2. The van der Waals surface area contributed by atoms with Gasteiger partial charge in [0.2, 0.25) is 0 Å². The maximum Gasteiger partial charge on any atom is 0.420 e. The summed E-state index contributed by atoms with van der Waals surface area (Å²) in [7, 11) is -2.14. The predicted octanol–water partition coefficient (Wildman–Crippen LogP) is 6.46. The lowest BCUT2D eigenvalue weighted by molar-refractivity contribution is 0.0988. The Morgan fingerprint density at radius 1 is 0.857 bits per heavy atom. The summed E-state index contributed by atoms with van der Waals surface area (Å²) >= 11 is 0. The molecule has 0 aliphatic heterocycles. The smallest absolute Gasteiger partial charge is 0.294 e. The Kier molecular flexibility index (Phi) is 6.72. The van der Waals surface area contributed by atoms with E-state index in [0.717, 1.165) is 27.8 Å². The van der Waals surface area contributed by atoms with Crippen LogP contribution in [0.5, 0.6) is 0 Å². The van der Waals surface area contributed by atoms with E-state index >= 15 is 0 Å². The van der Waals surface area contributed by atoms with Crippen molar-refractivity contribution in [1.82, 2.24) is 0 Å². The van der Waals surface area contributed by atoms with E-state index in [9.17, 15) is 14.2 Å². The summed E-state index contributed by atoms with van der Waals surface area (Å²) in [5.41, 5.74) is 5.52. The normalized spacial score (nSPS) is 12.0. The molecule has 0 spiro atoms. The molecule has 2 aromatic carbocycles. The van der Waals surface area contributed by atoms with Gasteiger partial charge in [-0.05, 0) is 60.9 Å². The second-order valence-corrected chi connectivity index (χ2v) is 10.2. The number of rotatable bonds is 6. The molecular weight excluding hydrogens is 367 g/mol. The zero-order valence-electron chi connectivity index (χ0n) is 18.0. The summed E-state index contributed by atoms with van der Waals surface area (Å²) in [6, 6.07) is 9.72. The predicted molar refractivity (Wildman–Crippen MR) is 116 cm³/mol. The van der Waals surface area contributed by atoms with Crippen molar-refractivity contribution in [2.24, 2.45) is 0 Å². The third-order valence-corrected chi connectivity index (χ3v) is 6.45. The van der Waals surface area contributed by atoms with Crippen molar-refractivity contribution in [3.8, 4) is 0 Å². The second-order valence-electron chi connectivity index (χ2n) is 8.58. The molecular formula is C24H30O3P+. The van der Waals surface area contributed by atoms with Crippen LogP contribution in [0.25, 0.3) is 0 Å². The van der Waals surface area contributed by atoms with E-state index in [0.29, 0.717) is 11.1 Å². The molecule has 0 saturated carbocycles. The summed E-state index contributed by atoms with van der Waals surface area (Å²) in [6.45, 7) is 14.0. The second kappa shape index (κ2) is 8.49. The minimum absolute atomic E-state index is 0.0167.